The molecular formula is C18H30IN3O3. The van der Waals surface area contributed by atoms with Crippen LogP contribution >= 0.6 is 24.0 Å². The molecule has 0 amide bonds. The van der Waals surface area contributed by atoms with Crippen molar-refractivity contribution >= 4 is 29.9 Å². The predicted molar refractivity (Wildman–Crippen MR) is 111 cm³/mol. The zero-order valence-corrected chi connectivity index (χ0v) is 18.0. The number of halogens is 1. The Bertz CT molecular complexity index is 581. The van der Waals surface area contributed by atoms with Crippen molar-refractivity contribution in [2.75, 3.05) is 27.4 Å². The summed E-state index contributed by atoms with van der Waals surface area (Å²) in [5.74, 6) is 2.56. The standard InChI is InChI=1S/C18H29N3O3.HI/c1-6-19-18(21-12(2)11-22-4)20-10-15-9-17-14(7-13(3)24-17)8-16(15)23-5;/h8-9,12-13H,6-7,10-11H2,1-5H3,(H2,19,20,21);1H. The number of hydrogen-bond acceptors (Lipinski definition) is 4. The molecule has 0 aromatic heterocycles. The van der Waals surface area contributed by atoms with Crippen molar-refractivity contribution in [3.8, 4) is 11.5 Å². The molecule has 2 rings (SSSR count). The third kappa shape index (κ3) is 6.22. The van der Waals surface area contributed by atoms with E-state index in [1.54, 1.807) is 14.2 Å². The fraction of sp³-hybridized carbons (Fsp3) is 0.611. The zero-order valence-electron chi connectivity index (χ0n) is 15.7. The van der Waals surface area contributed by atoms with Crippen molar-refractivity contribution in [2.45, 2.75) is 45.9 Å². The third-order valence-electron chi connectivity index (χ3n) is 3.85. The Labute approximate surface area is 167 Å². The van der Waals surface area contributed by atoms with Gasteiger partial charge in [0.05, 0.1) is 20.3 Å². The summed E-state index contributed by atoms with van der Waals surface area (Å²) in [7, 11) is 3.39. The molecule has 0 radical (unpaired) electrons. The van der Waals surface area contributed by atoms with Gasteiger partial charge in [-0.1, -0.05) is 0 Å². The summed E-state index contributed by atoms with van der Waals surface area (Å²) in [6.07, 6.45) is 1.14. The van der Waals surface area contributed by atoms with Crippen molar-refractivity contribution in [3.05, 3.63) is 23.3 Å². The molecule has 142 valence electrons. The lowest BCUT2D eigenvalue weighted by atomic mass is 10.1. The molecule has 0 saturated carbocycles. The van der Waals surface area contributed by atoms with E-state index in [0.29, 0.717) is 13.2 Å². The first-order chi connectivity index (χ1) is 11.6. The Morgan fingerprint density at radius 2 is 2.16 bits per heavy atom. The minimum atomic E-state index is 0. The average Bonchev–Trinajstić information content (AvgIpc) is 2.90. The molecule has 0 fully saturated rings. The van der Waals surface area contributed by atoms with Crippen LogP contribution in [0, 0.1) is 0 Å². The Morgan fingerprint density at radius 3 is 2.80 bits per heavy atom. The number of aliphatic imine (C=N–C) groups is 1. The number of benzene rings is 1. The maximum atomic E-state index is 5.85. The molecule has 1 aliphatic heterocycles. The van der Waals surface area contributed by atoms with E-state index < -0.39 is 0 Å². The number of ether oxygens (including phenoxy) is 3. The highest BCUT2D eigenvalue weighted by Gasteiger charge is 2.21. The topological polar surface area (TPSA) is 64.1 Å². The smallest absolute Gasteiger partial charge is 0.191 e. The highest BCUT2D eigenvalue weighted by atomic mass is 127. The fourth-order valence-corrected chi connectivity index (χ4v) is 2.80. The van der Waals surface area contributed by atoms with E-state index in [-0.39, 0.29) is 36.1 Å². The van der Waals surface area contributed by atoms with Crippen LogP contribution in [0.1, 0.15) is 31.9 Å². The van der Waals surface area contributed by atoms with Crippen LogP contribution in [0.5, 0.6) is 11.5 Å². The van der Waals surface area contributed by atoms with Crippen LogP contribution in [0.4, 0.5) is 0 Å². The van der Waals surface area contributed by atoms with Crippen molar-refractivity contribution in [3.63, 3.8) is 0 Å². The third-order valence-corrected chi connectivity index (χ3v) is 3.85. The van der Waals surface area contributed by atoms with Crippen molar-refractivity contribution in [2.24, 2.45) is 4.99 Å². The zero-order chi connectivity index (χ0) is 17.5. The number of guanidine groups is 1. The van der Waals surface area contributed by atoms with Gasteiger partial charge in [-0.3, -0.25) is 0 Å². The van der Waals surface area contributed by atoms with Gasteiger partial charge >= 0.3 is 0 Å². The number of nitrogens with one attached hydrogen (secondary N) is 2. The predicted octanol–water partition coefficient (Wildman–Crippen LogP) is 2.73. The molecule has 2 unspecified atom stereocenters. The molecule has 0 bridgehead atoms. The first kappa shape index (κ1) is 21.8. The molecule has 0 aliphatic carbocycles. The fourth-order valence-electron chi connectivity index (χ4n) is 2.80. The summed E-state index contributed by atoms with van der Waals surface area (Å²) in [6.45, 7) is 8.12. The van der Waals surface area contributed by atoms with Gasteiger partial charge in [-0.05, 0) is 32.9 Å². The molecule has 1 aliphatic rings. The van der Waals surface area contributed by atoms with Gasteiger partial charge in [-0.2, -0.15) is 0 Å². The summed E-state index contributed by atoms with van der Waals surface area (Å²) in [6, 6.07) is 4.29. The van der Waals surface area contributed by atoms with Crippen LogP contribution in [-0.2, 0) is 17.7 Å². The van der Waals surface area contributed by atoms with E-state index in [9.17, 15) is 0 Å². The summed E-state index contributed by atoms with van der Waals surface area (Å²) in [5.41, 5.74) is 2.22. The molecule has 1 heterocycles. The second-order valence-electron chi connectivity index (χ2n) is 6.10. The summed E-state index contributed by atoms with van der Waals surface area (Å²) < 4.78 is 16.5. The molecule has 2 atom stereocenters. The van der Waals surface area contributed by atoms with Crippen LogP contribution in [0.2, 0.25) is 0 Å². The number of hydrogen-bond donors (Lipinski definition) is 2. The molecule has 0 saturated heterocycles. The Kier molecular flexibility index (Phi) is 9.34. The average molecular weight is 463 g/mol. The van der Waals surface area contributed by atoms with E-state index in [1.807, 2.05) is 13.0 Å². The summed E-state index contributed by atoms with van der Waals surface area (Å²) >= 11 is 0. The lowest BCUT2D eigenvalue weighted by Crippen LogP contribution is -2.43. The second kappa shape index (κ2) is 10.7. The van der Waals surface area contributed by atoms with Crippen molar-refractivity contribution in [1.82, 2.24) is 10.6 Å². The molecular weight excluding hydrogens is 433 g/mol. The quantitative estimate of drug-likeness (QED) is 0.370. The first-order valence-corrected chi connectivity index (χ1v) is 8.47. The SMILES string of the molecule is CCNC(=NCc1cc2c(cc1OC)CC(C)O2)NC(C)COC.I. The van der Waals surface area contributed by atoms with Gasteiger partial charge < -0.3 is 24.8 Å². The van der Waals surface area contributed by atoms with E-state index >= 15 is 0 Å². The maximum absolute atomic E-state index is 5.85. The van der Waals surface area contributed by atoms with Gasteiger partial charge in [-0.25, -0.2) is 4.99 Å². The molecule has 1 aromatic carbocycles. The van der Waals surface area contributed by atoms with E-state index in [0.717, 1.165) is 36.0 Å². The van der Waals surface area contributed by atoms with Crippen molar-refractivity contribution < 1.29 is 14.2 Å². The van der Waals surface area contributed by atoms with E-state index in [1.165, 1.54) is 5.56 Å². The minimum absolute atomic E-state index is 0. The van der Waals surface area contributed by atoms with Crippen LogP contribution in [0.15, 0.2) is 17.1 Å². The van der Waals surface area contributed by atoms with Gasteiger partial charge in [0.2, 0.25) is 0 Å². The lowest BCUT2D eigenvalue weighted by Gasteiger charge is -2.17. The van der Waals surface area contributed by atoms with Crippen LogP contribution in [0.25, 0.3) is 0 Å². The molecule has 6 nitrogen and oxygen atoms in total. The Hall–Kier alpha value is -1.22. The van der Waals surface area contributed by atoms with Crippen LogP contribution in [0.3, 0.4) is 0 Å². The number of nitrogens with zero attached hydrogens (tertiary/aromatic N) is 1. The van der Waals surface area contributed by atoms with Crippen LogP contribution < -0.4 is 20.1 Å². The monoisotopic (exact) mass is 463 g/mol. The molecule has 0 spiro atoms. The van der Waals surface area contributed by atoms with Crippen LogP contribution in [-0.4, -0.2) is 45.5 Å². The van der Waals surface area contributed by atoms with Gasteiger partial charge in [-0.15, -0.1) is 24.0 Å². The molecule has 7 heteroatoms. The summed E-state index contributed by atoms with van der Waals surface area (Å²) in [5, 5.41) is 6.58. The van der Waals surface area contributed by atoms with Gasteiger partial charge in [0.15, 0.2) is 5.96 Å². The van der Waals surface area contributed by atoms with Gasteiger partial charge in [0, 0.05) is 37.2 Å². The minimum Gasteiger partial charge on any atom is -0.496 e. The van der Waals surface area contributed by atoms with Gasteiger partial charge in [0.25, 0.3) is 0 Å². The normalized spacial score (nSPS) is 17.2. The van der Waals surface area contributed by atoms with Crippen molar-refractivity contribution in [1.29, 1.82) is 0 Å². The number of fused-ring (bicyclic) bond motifs is 1. The largest absolute Gasteiger partial charge is 0.496 e. The highest BCUT2D eigenvalue weighted by molar-refractivity contribution is 14.0. The Balaban J connectivity index is 0.00000312. The summed E-state index contributed by atoms with van der Waals surface area (Å²) in [4.78, 5) is 4.66. The molecule has 25 heavy (non-hydrogen) atoms. The highest BCUT2D eigenvalue weighted by Crippen LogP contribution is 2.35. The first-order valence-electron chi connectivity index (χ1n) is 8.47. The number of rotatable bonds is 7. The van der Waals surface area contributed by atoms with Gasteiger partial charge in [0.1, 0.15) is 17.6 Å². The van der Waals surface area contributed by atoms with E-state index in [4.69, 9.17) is 14.2 Å². The lowest BCUT2D eigenvalue weighted by molar-refractivity contribution is 0.179. The second-order valence-corrected chi connectivity index (χ2v) is 6.10. The number of methoxy groups -OCH3 is 2. The molecule has 2 N–H and O–H groups in total. The van der Waals surface area contributed by atoms with E-state index in [2.05, 4.69) is 35.5 Å². The Morgan fingerprint density at radius 1 is 1.40 bits per heavy atom. The maximum Gasteiger partial charge on any atom is 0.191 e. The molecule has 1 aromatic rings.